The molecule has 0 spiro atoms. The number of aryl methyl sites for hydroxylation is 2. The van der Waals surface area contributed by atoms with Crippen molar-refractivity contribution in [3.63, 3.8) is 0 Å². The fraction of sp³-hybridized carbons (Fsp3) is 0.667. The number of ether oxygens (including phenoxy) is 1. The minimum atomic E-state index is -1.13. The summed E-state index contributed by atoms with van der Waals surface area (Å²) >= 11 is 0. The molecule has 1 aromatic rings. The van der Waals surface area contributed by atoms with Gasteiger partial charge in [0.1, 0.15) is 17.7 Å². The van der Waals surface area contributed by atoms with E-state index in [0.717, 1.165) is 30.4 Å². The second kappa shape index (κ2) is 14.9. The number of hydrogen-bond acceptors (Lipinski definition) is 5. The van der Waals surface area contributed by atoms with E-state index in [-0.39, 0.29) is 18.7 Å². The Labute approximate surface area is 234 Å². The normalized spacial score (nSPS) is 13.3. The Kier molecular flexibility index (Phi) is 13.0. The second-order valence-electron chi connectivity index (χ2n) is 11.9. The summed E-state index contributed by atoms with van der Waals surface area (Å²) in [6, 6.07) is 3.75. The first kappa shape index (κ1) is 33.9. The van der Waals surface area contributed by atoms with Gasteiger partial charge in [-0.2, -0.15) is 0 Å². The average Bonchev–Trinajstić information content (AvgIpc) is 2.80. The van der Waals surface area contributed by atoms with Crippen molar-refractivity contribution in [2.75, 3.05) is 6.54 Å². The lowest BCUT2D eigenvalue weighted by atomic mass is 9.90. The molecule has 0 aliphatic heterocycles. The van der Waals surface area contributed by atoms with Crippen LogP contribution in [0.3, 0.4) is 0 Å². The highest BCUT2D eigenvalue weighted by molar-refractivity contribution is 5.93. The summed E-state index contributed by atoms with van der Waals surface area (Å²) in [4.78, 5) is 54.1. The molecule has 39 heavy (non-hydrogen) atoms. The minimum Gasteiger partial charge on any atom is -0.444 e. The monoisotopic (exact) mass is 546 g/mol. The molecule has 0 fully saturated rings. The zero-order chi connectivity index (χ0) is 30.0. The Morgan fingerprint density at radius 3 is 2.05 bits per heavy atom. The van der Waals surface area contributed by atoms with Gasteiger partial charge in [0.05, 0.1) is 0 Å². The fourth-order valence-electron chi connectivity index (χ4n) is 4.38. The summed E-state index contributed by atoms with van der Waals surface area (Å²) < 4.78 is 5.40. The molecule has 0 bridgehead atoms. The molecule has 0 aliphatic carbocycles. The molecule has 4 amide bonds. The highest BCUT2D eigenvalue weighted by Crippen LogP contribution is 2.33. The third-order valence-electron chi connectivity index (χ3n) is 6.57. The summed E-state index contributed by atoms with van der Waals surface area (Å²) in [7, 11) is 0. The summed E-state index contributed by atoms with van der Waals surface area (Å²) in [6.45, 7) is 17.4. The van der Waals surface area contributed by atoms with Crippen molar-refractivity contribution in [1.82, 2.24) is 15.5 Å². The Hall–Kier alpha value is -3.10. The zero-order valence-electron chi connectivity index (χ0n) is 25.4. The van der Waals surface area contributed by atoms with Crippen molar-refractivity contribution in [3.05, 3.63) is 34.9 Å². The summed E-state index contributed by atoms with van der Waals surface area (Å²) in [5, 5.41) is 5.67. The van der Waals surface area contributed by atoms with Crippen LogP contribution in [0.5, 0.6) is 0 Å². The van der Waals surface area contributed by atoms with E-state index in [9.17, 15) is 19.2 Å². The largest absolute Gasteiger partial charge is 0.444 e. The van der Waals surface area contributed by atoms with Gasteiger partial charge in [-0.3, -0.25) is 14.4 Å². The maximum Gasteiger partial charge on any atom is 0.408 e. The van der Waals surface area contributed by atoms with Crippen LogP contribution in [0.25, 0.3) is 0 Å². The number of rotatable bonds is 14. The van der Waals surface area contributed by atoms with E-state index in [1.165, 1.54) is 0 Å². The Morgan fingerprint density at radius 2 is 1.56 bits per heavy atom. The molecule has 0 radical (unpaired) electrons. The van der Waals surface area contributed by atoms with Gasteiger partial charge in [-0.1, -0.05) is 56.0 Å². The van der Waals surface area contributed by atoms with E-state index in [1.54, 1.807) is 25.7 Å². The van der Waals surface area contributed by atoms with Gasteiger partial charge in [-0.05, 0) is 73.3 Å². The third kappa shape index (κ3) is 11.3. The number of hydrogen-bond donors (Lipinski definition) is 3. The van der Waals surface area contributed by atoms with Gasteiger partial charge in [0.25, 0.3) is 0 Å². The summed E-state index contributed by atoms with van der Waals surface area (Å²) in [5.74, 6) is -1.38. The Balaban J connectivity index is 3.65. The van der Waals surface area contributed by atoms with E-state index < -0.39 is 41.1 Å². The lowest BCUT2D eigenvalue weighted by Crippen LogP contribution is -2.59. The molecule has 0 heterocycles. The number of carbonyl (C=O) groups is 4. The first-order valence-electron chi connectivity index (χ1n) is 14.0. The number of amides is 4. The smallest absolute Gasteiger partial charge is 0.408 e. The molecule has 2 atom stereocenters. The zero-order valence-corrected chi connectivity index (χ0v) is 25.4. The molecule has 9 nitrogen and oxygen atoms in total. The first-order chi connectivity index (χ1) is 18.0. The van der Waals surface area contributed by atoms with Crippen LogP contribution in [0.1, 0.15) is 110 Å². The molecule has 4 N–H and O–H groups in total. The maximum absolute atomic E-state index is 14.4. The predicted molar refractivity (Wildman–Crippen MR) is 154 cm³/mol. The number of nitrogens with two attached hydrogens (primary N) is 1. The average molecular weight is 547 g/mol. The van der Waals surface area contributed by atoms with Crippen LogP contribution >= 0.6 is 0 Å². The van der Waals surface area contributed by atoms with Crippen LogP contribution in [-0.2, 0) is 19.1 Å². The number of unbranched alkanes of at least 4 members (excludes halogenated alkanes) is 2. The number of benzene rings is 1. The van der Waals surface area contributed by atoms with E-state index >= 15 is 0 Å². The highest BCUT2D eigenvalue weighted by atomic mass is 16.6. The summed E-state index contributed by atoms with van der Waals surface area (Å²) in [6.07, 6.45) is 2.43. The van der Waals surface area contributed by atoms with Crippen LogP contribution in [0.2, 0.25) is 0 Å². The van der Waals surface area contributed by atoms with E-state index in [4.69, 9.17) is 10.5 Å². The Bertz CT molecular complexity index is 979. The molecule has 0 saturated heterocycles. The second-order valence-corrected chi connectivity index (χ2v) is 11.9. The standard InChI is InChI=1S/C30H50N4O5/c1-10-12-13-16-32-26(36)25(22-18-20(3)17-21(4)19-22)34(30(8,9)11-2)27(37)23(14-15-24(31)35)33-28(38)39-29(5,6)7/h17-19,23,25H,10-16H2,1-9H3,(H2,31,35)(H,32,36)(H,33,38). The molecule has 220 valence electrons. The van der Waals surface area contributed by atoms with Gasteiger partial charge in [0.2, 0.25) is 17.7 Å². The molecular weight excluding hydrogens is 496 g/mol. The highest BCUT2D eigenvalue weighted by Gasteiger charge is 2.43. The van der Waals surface area contributed by atoms with Crippen molar-refractivity contribution in [2.24, 2.45) is 5.73 Å². The summed E-state index contributed by atoms with van der Waals surface area (Å²) in [5.41, 5.74) is 6.45. The van der Waals surface area contributed by atoms with Gasteiger partial charge in [0, 0.05) is 18.5 Å². The van der Waals surface area contributed by atoms with Crippen LogP contribution in [0, 0.1) is 13.8 Å². The fourth-order valence-corrected chi connectivity index (χ4v) is 4.38. The van der Waals surface area contributed by atoms with Crippen molar-refractivity contribution in [1.29, 1.82) is 0 Å². The van der Waals surface area contributed by atoms with Gasteiger partial charge in [-0.15, -0.1) is 0 Å². The number of alkyl carbamates (subject to hydrolysis) is 1. The van der Waals surface area contributed by atoms with Gasteiger partial charge in [-0.25, -0.2) is 4.79 Å². The topological polar surface area (TPSA) is 131 Å². The molecule has 0 aliphatic rings. The molecule has 9 heteroatoms. The molecule has 0 saturated carbocycles. The van der Waals surface area contributed by atoms with Crippen molar-refractivity contribution in [3.8, 4) is 0 Å². The third-order valence-corrected chi connectivity index (χ3v) is 6.57. The molecule has 2 unspecified atom stereocenters. The lowest BCUT2D eigenvalue weighted by molar-refractivity contribution is -0.149. The van der Waals surface area contributed by atoms with Crippen LogP contribution in [0.15, 0.2) is 18.2 Å². The van der Waals surface area contributed by atoms with E-state index in [0.29, 0.717) is 18.5 Å². The van der Waals surface area contributed by atoms with Gasteiger partial charge in [0.15, 0.2) is 0 Å². The predicted octanol–water partition coefficient (Wildman–Crippen LogP) is 4.83. The quantitative estimate of drug-likeness (QED) is 0.288. The number of carbonyl (C=O) groups excluding carboxylic acids is 4. The van der Waals surface area contributed by atoms with Crippen LogP contribution in [0.4, 0.5) is 4.79 Å². The van der Waals surface area contributed by atoms with Gasteiger partial charge < -0.3 is 26.0 Å². The minimum absolute atomic E-state index is 0.0264. The van der Waals surface area contributed by atoms with Crippen molar-refractivity contribution in [2.45, 2.75) is 124 Å². The van der Waals surface area contributed by atoms with Crippen LogP contribution < -0.4 is 16.4 Å². The van der Waals surface area contributed by atoms with Gasteiger partial charge >= 0.3 is 6.09 Å². The molecule has 1 aromatic carbocycles. The molecular formula is C30H50N4O5. The van der Waals surface area contributed by atoms with E-state index in [1.807, 2.05) is 52.8 Å². The SMILES string of the molecule is CCCCCNC(=O)C(c1cc(C)cc(C)c1)N(C(=O)C(CCC(N)=O)NC(=O)OC(C)(C)C)C(C)(C)CC. The molecule has 0 aromatic heterocycles. The first-order valence-corrected chi connectivity index (χ1v) is 14.0. The van der Waals surface area contributed by atoms with Crippen molar-refractivity contribution >= 4 is 23.8 Å². The Morgan fingerprint density at radius 1 is 0.974 bits per heavy atom. The maximum atomic E-state index is 14.4. The number of nitrogens with zero attached hydrogens (tertiary/aromatic N) is 1. The van der Waals surface area contributed by atoms with Crippen molar-refractivity contribution < 1.29 is 23.9 Å². The molecule has 1 rings (SSSR count). The van der Waals surface area contributed by atoms with Crippen LogP contribution in [-0.4, -0.2) is 52.4 Å². The number of primary amides is 1. The lowest BCUT2D eigenvalue weighted by Gasteiger charge is -2.44. The number of nitrogens with one attached hydrogen (secondary N) is 2. The van der Waals surface area contributed by atoms with E-state index in [2.05, 4.69) is 17.6 Å².